The van der Waals surface area contributed by atoms with E-state index < -0.39 is 10.0 Å². The second-order valence-corrected chi connectivity index (χ2v) is 9.01. The molecule has 7 heteroatoms. The number of carbonyl (C=O) groups is 1. The highest BCUT2D eigenvalue weighted by Crippen LogP contribution is 2.13. The van der Waals surface area contributed by atoms with Crippen LogP contribution in [-0.2, 0) is 21.2 Å². The Balaban J connectivity index is 1.86. The van der Waals surface area contributed by atoms with Crippen molar-refractivity contribution in [3.8, 4) is 0 Å². The Morgan fingerprint density at radius 2 is 1.79 bits per heavy atom. The van der Waals surface area contributed by atoms with Crippen LogP contribution in [0.4, 0.5) is 0 Å². The number of carbonyl (C=O) groups excluding carboxylic acids is 1. The Hall–Kier alpha value is -2.22. The third kappa shape index (κ3) is 6.96. The van der Waals surface area contributed by atoms with Gasteiger partial charge < -0.3 is 10.1 Å². The van der Waals surface area contributed by atoms with Crippen molar-refractivity contribution in [1.82, 2.24) is 10.0 Å². The van der Waals surface area contributed by atoms with Gasteiger partial charge in [0, 0.05) is 25.3 Å². The summed E-state index contributed by atoms with van der Waals surface area (Å²) in [6.45, 7) is 6.73. The van der Waals surface area contributed by atoms with E-state index >= 15 is 0 Å². The van der Waals surface area contributed by atoms with Gasteiger partial charge in [0.2, 0.25) is 10.0 Å². The summed E-state index contributed by atoms with van der Waals surface area (Å²) in [7, 11) is -2.13. The molecule has 2 aromatic carbocycles. The highest BCUT2D eigenvalue weighted by atomic mass is 32.2. The van der Waals surface area contributed by atoms with Gasteiger partial charge in [0.1, 0.15) is 0 Å². The average Bonchev–Trinajstić information content (AvgIpc) is 2.66. The number of benzene rings is 2. The first kappa shape index (κ1) is 23.1. The number of nitrogens with one attached hydrogen (secondary N) is 2. The molecular formula is C22H30N2O4S. The number of methoxy groups -OCH3 is 1. The second kappa shape index (κ2) is 10.5. The first-order chi connectivity index (χ1) is 13.7. The molecule has 1 amide bonds. The molecule has 1 atom stereocenters. The predicted octanol–water partition coefficient (Wildman–Crippen LogP) is 2.98. The number of sulfonamides is 1. The Labute approximate surface area is 173 Å². The molecule has 0 spiro atoms. The molecule has 0 aliphatic carbocycles. The zero-order valence-electron chi connectivity index (χ0n) is 17.5. The average molecular weight is 419 g/mol. The van der Waals surface area contributed by atoms with E-state index in [0.717, 1.165) is 12.8 Å². The minimum absolute atomic E-state index is 0.117. The van der Waals surface area contributed by atoms with Gasteiger partial charge in [-0.3, -0.25) is 4.79 Å². The van der Waals surface area contributed by atoms with Gasteiger partial charge in [-0.15, -0.1) is 0 Å². The van der Waals surface area contributed by atoms with Crippen molar-refractivity contribution in [3.05, 3.63) is 64.7 Å². The summed E-state index contributed by atoms with van der Waals surface area (Å²) in [5, 5.41) is 2.89. The van der Waals surface area contributed by atoms with Crippen molar-refractivity contribution in [2.45, 2.75) is 44.6 Å². The molecule has 0 heterocycles. The fourth-order valence-corrected chi connectivity index (χ4v) is 4.34. The monoisotopic (exact) mass is 418 g/mol. The summed E-state index contributed by atoms with van der Waals surface area (Å²) in [4.78, 5) is 12.4. The topological polar surface area (TPSA) is 84.5 Å². The van der Waals surface area contributed by atoms with E-state index in [4.69, 9.17) is 4.74 Å². The lowest BCUT2D eigenvalue weighted by Crippen LogP contribution is -2.35. The van der Waals surface area contributed by atoms with E-state index in [9.17, 15) is 13.2 Å². The van der Waals surface area contributed by atoms with Crippen LogP contribution >= 0.6 is 0 Å². The minimum atomic E-state index is -3.64. The van der Waals surface area contributed by atoms with Crippen molar-refractivity contribution in [2.75, 3.05) is 20.3 Å². The lowest BCUT2D eigenvalue weighted by molar-refractivity contribution is 0.0953. The molecule has 0 radical (unpaired) electrons. The molecule has 6 nitrogen and oxygen atoms in total. The van der Waals surface area contributed by atoms with Crippen LogP contribution in [0.1, 0.15) is 40.4 Å². The maximum absolute atomic E-state index is 12.3. The van der Waals surface area contributed by atoms with Gasteiger partial charge in [-0.05, 0) is 69.0 Å². The number of ether oxygens (including phenoxy) is 1. The molecule has 0 fully saturated rings. The van der Waals surface area contributed by atoms with Gasteiger partial charge in [-0.2, -0.15) is 0 Å². The normalized spacial score (nSPS) is 12.6. The van der Waals surface area contributed by atoms with E-state index in [1.807, 2.05) is 0 Å². The molecule has 2 N–H and O–H groups in total. The highest BCUT2D eigenvalue weighted by molar-refractivity contribution is 7.89. The third-order valence-corrected chi connectivity index (χ3v) is 6.21. The Kier molecular flexibility index (Phi) is 8.37. The van der Waals surface area contributed by atoms with E-state index in [0.29, 0.717) is 12.1 Å². The van der Waals surface area contributed by atoms with E-state index in [1.54, 1.807) is 6.92 Å². The largest absolute Gasteiger partial charge is 0.383 e. The molecule has 0 aliphatic heterocycles. The van der Waals surface area contributed by atoms with Crippen LogP contribution in [0.15, 0.2) is 47.4 Å². The first-order valence-electron chi connectivity index (χ1n) is 9.68. The molecule has 0 unspecified atom stereocenters. The predicted molar refractivity (Wildman–Crippen MR) is 115 cm³/mol. The zero-order valence-corrected chi connectivity index (χ0v) is 18.3. The maximum Gasteiger partial charge on any atom is 0.251 e. The lowest BCUT2D eigenvalue weighted by atomic mass is 10.0. The van der Waals surface area contributed by atoms with Crippen molar-refractivity contribution in [1.29, 1.82) is 0 Å². The standard InChI is InChI=1S/C22H30N2O4S/c1-16-7-8-19(17(2)14-16)6-5-13-23-22(25)20-9-11-21(12-10-20)29(26,27)24-18(3)15-28-4/h7-12,14,18,24H,5-6,13,15H2,1-4H3,(H,23,25)/t18-/m0/s1. The second-order valence-electron chi connectivity index (χ2n) is 7.29. The minimum Gasteiger partial charge on any atom is -0.383 e. The van der Waals surface area contributed by atoms with Crippen LogP contribution in [0.25, 0.3) is 0 Å². The Bertz CT molecular complexity index is 924. The van der Waals surface area contributed by atoms with E-state index in [1.165, 1.54) is 48.1 Å². The molecule has 29 heavy (non-hydrogen) atoms. The van der Waals surface area contributed by atoms with Crippen LogP contribution in [0.2, 0.25) is 0 Å². The summed E-state index contributed by atoms with van der Waals surface area (Å²) in [6, 6.07) is 12.0. The molecule has 2 rings (SSSR count). The van der Waals surface area contributed by atoms with Crippen LogP contribution < -0.4 is 10.0 Å². The molecule has 0 aliphatic rings. The van der Waals surface area contributed by atoms with Gasteiger partial charge in [0.05, 0.1) is 11.5 Å². The smallest absolute Gasteiger partial charge is 0.251 e. The summed E-state index contributed by atoms with van der Waals surface area (Å²) >= 11 is 0. The number of hydrogen-bond donors (Lipinski definition) is 2. The molecule has 0 bridgehead atoms. The van der Waals surface area contributed by atoms with Crippen molar-refractivity contribution in [3.63, 3.8) is 0 Å². The van der Waals surface area contributed by atoms with Crippen molar-refractivity contribution < 1.29 is 17.9 Å². The summed E-state index contributed by atoms with van der Waals surface area (Å²) in [6.07, 6.45) is 1.73. The van der Waals surface area contributed by atoms with Gasteiger partial charge in [0.25, 0.3) is 5.91 Å². The third-order valence-electron chi connectivity index (χ3n) is 4.61. The van der Waals surface area contributed by atoms with E-state index in [2.05, 4.69) is 42.1 Å². The van der Waals surface area contributed by atoms with Crippen LogP contribution in [0.3, 0.4) is 0 Å². The van der Waals surface area contributed by atoms with Crippen molar-refractivity contribution >= 4 is 15.9 Å². The lowest BCUT2D eigenvalue weighted by Gasteiger charge is -2.13. The maximum atomic E-state index is 12.3. The molecule has 0 saturated heterocycles. The molecule has 0 saturated carbocycles. The fourth-order valence-electron chi connectivity index (χ4n) is 3.11. The van der Waals surface area contributed by atoms with Crippen LogP contribution in [0.5, 0.6) is 0 Å². The molecule has 2 aromatic rings. The van der Waals surface area contributed by atoms with E-state index in [-0.39, 0.29) is 23.5 Å². The summed E-state index contributed by atoms with van der Waals surface area (Å²) in [5.74, 6) is -0.213. The number of amides is 1. The fraction of sp³-hybridized carbons (Fsp3) is 0.409. The highest BCUT2D eigenvalue weighted by Gasteiger charge is 2.17. The van der Waals surface area contributed by atoms with Crippen LogP contribution in [0, 0.1) is 13.8 Å². The number of aryl methyl sites for hydroxylation is 3. The van der Waals surface area contributed by atoms with Gasteiger partial charge in [-0.25, -0.2) is 13.1 Å². The van der Waals surface area contributed by atoms with Gasteiger partial charge >= 0.3 is 0 Å². The Morgan fingerprint density at radius 3 is 2.41 bits per heavy atom. The SMILES string of the molecule is COC[C@H](C)NS(=O)(=O)c1ccc(C(=O)NCCCc2ccc(C)cc2C)cc1. The number of hydrogen-bond acceptors (Lipinski definition) is 4. The number of rotatable bonds is 10. The quantitative estimate of drug-likeness (QED) is 0.581. The van der Waals surface area contributed by atoms with Gasteiger partial charge in [-0.1, -0.05) is 23.8 Å². The molecule has 0 aromatic heterocycles. The Morgan fingerprint density at radius 1 is 1.10 bits per heavy atom. The first-order valence-corrected chi connectivity index (χ1v) is 11.2. The van der Waals surface area contributed by atoms with Gasteiger partial charge in [0.15, 0.2) is 0 Å². The molecular weight excluding hydrogens is 388 g/mol. The summed E-state index contributed by atoms with van der Waals surface area (Å²) < 4.78 is 32.1. The molecule has 158 valence electrons. The summed E-state index contributed by atoms with van der Waals surface area (Å²) in [5.41, 5.74) is 4.23. The van der Waals surface area contributed by atoms with Crippen molar-refractivity contribution in [2.24, 2.45) is 0 Å². The van der Waals surface area contributed by atoms with Crippen LogP contribution in [-0.4, -0.2) is 40.6 Å². The zero-order chi connectivity index (χ0) is 21.4.